The van der Waals surface area contributed by atoms with Crippen molar-refractivity contribution in [2.75, 3.05) is 26.9 Å². The lowest BCUT2D eigenvalue weighted by Crippen LogP contribution is -2.34. The van der Waals surface area contributed by atoms with Crippen molar-refractivity contribution >= 4 is 12.1 Å². The second kappa shape index (κ2) is 10.5. The van der Waals surface area contributed by atoms with Gasteiger partial charge >= 0.3 is 12.1 Å². The third kappa shape index (κ3) is 8.09. The number of ether oxygens (including phenoxy) is 4. The quantitative estimate of drug-likeness (QED) is 0.531. The minimum Gasteiger partial charge on any atom is -0.493 e. The number of hydrogen-bond donors (Lipinski definition) is 1. The number of esters is 1. The summed E-state index contributed by atoms with van der Waals surface area (Å²) in [4.78, 5) is 23.4. The minimum absolute atomic E-state index is 0.255. The van der Waals surface area contributed by atoms with Crippen LogP contribution in [-0.2, 0) is 9.47 Å². The molecule has 26 heavy (non-hydrogen) atoms. The third-order valence-corrected chi connectivity index (χ3v) is 3.15. The van der Waals surface area contributed by atoms with E-state index in [-0.39, 0.29) is 6.61 Å². The van der Waals surface area contributed by atoms with Crippen LogP contribution in [0, 0.1) is 0 Å². The Morgan fingerprint density at radius 2 is 1.85 bits per heavy atom. The zero-order chi connectivity index (χ0) is 19.6. The molecule has 1 aromatic rings. The van der Waals surface area contributed by atoms with Gasteiger partial charge in [-0.3, -0.25) is 0 Å². The highest BCUT2D eigenvalue weighted by atomic mass is 16.6. The van der Waals surface area contributed by atoms with Crippen molar-refractivity contribution in [3.05, 3.63) is 23.8 Å². The SMILES string of the molecule is CCCCOc1cc(OCCNC(=O)OC(C)(C)C)ccc1C(=O)OC. The van der Waals surface area contributed by atoms with E-state index < -0.39 is 17.7 Å². The van der Waals surface area contributed by atoms with E-state index in [2.05, 4.69) is 12.2 Å². The molecule has 0 bridgehead atoms. The van der Waals surface area contributed by atoms with Crippen LogP contribution in [0.25, 0.3) is 0 Å². The predicted molar refractivity (Wildman–Crippen MR) is 97.9 cm³/mol. The molecule has 7 heteroatoms. The average Bonchev–Trinajstić information content (AvgIpc) is 2.57. The minimum atomic E-state index is -0.542. The maximum atomic E-state index is 11.8. The van der Waals surface area contributed by atoms with E-state index in [0.717, 1.165) is 12.8 Å². The number of benzene rings is 1. The first-order valence-electron chi connectivity index (χ1n) is 8.71. The van der Waals surface area contributed by atoms with Gasteiger partial charge in [0, 0.05) is 6.07 Å². The topological polar surface area (TPSA) is 83.1 Å². The maximum Gasteiger partial charge on any atom is 0.407 e. The van der Waals surface area contributed by atoms with Gasteiger partial charge in [-0.2, -0.15) is 0 Å². The molecule has 1 aromatic carbocycles. The molecule has 0 saturated carbocycles. The Hall–Kier alpha value is -2.44. The van der Waals surface area contributed by atoms with E-state index in [1.807, 2.05) is 0 Å². The molecular formula is C19H29NO6. The van der Waals surface area contributed by atoms with Crippen molar-refractivity contribution in [2.24, 2.45) is 0 Å². The zero-order valence-corrected chi connectivity index (χ0v) is 16.2. The highest BCUT2D eigenvalue weighted by molar-refractivity contribution is 5.92. The number of methoxy groups -OCH3 is 1. The molecule has 0 unspecified atom stereocenters. The second-order valence-corrected chi connectivity index (χ2v) is 6.63. The van der Waals surface area contributed by atoms with E-state index in [1.165, 1.54) is 7.11 Å². The predicted octanol–water partition coefficient (Wildman–Crippen LogP) is 3.56. The molecular weight excluding hydrogens is 338 g/mol. The highest BCUT2D eigenvalue weighted by Gasteiger charge is 2.16. The smallest absolute Gasteiger partial charge is 0.407 e. The fourth-order valence-corrected chi connectivity index (χ4v) is 1.95. The molecule has 1 amide bonds. The van der Waals surface area contributed by atoms with Gasteiger partial charge in [-0.05, 0) is 39.3 Å². The summed E-state index contributed by atoms with van der Waals surface area (Å²) >= 11 is 0. The van der Waals surface area contributed by atoms with Gasteiger partial charge in [-0.25, -0.2) is 9.59 Å². The van der Waals surface area contributed by atoms with Gasteiger partial charge in [-0.1, -0.05) is 13.3 Å². The molecule has 0 radical (unpaired) electrons. The van der Waals surface area contributed by atoms with Crippen molar-refractivity contribution < 1.29 is 28.5 Å². The Morgan fingerprint density at radius 3 is 2.46 bits per heavy atom. The van der Waals surface area contributed by atoms with Crippen LogP contribution in [0.5, 0.6) is 11.5 Å². The van der Waals surface area contributed by atoms with Crippen molar-refractivity contribution in [3.8, 4) is 11.5 Å². The summed E-state index contributed by atoms with van der Waals surface area (Å²) in [6, 6.07) is 4.91. The fraction of sp³-hybridized carbons (Fsp3) is 0.579. The summed E-state index contributed by atoms with van der Waals surface area (Å²) in [6.45, 7) is 8.50. The Kier molecular flexibility index (Phi) is 8.75. The molecule has 0 fully saturated rings. The lowest BCUT2D eigenvalue weighted by atomic mass is 10.2. The van der Waals surface area contributed by atoms with Crippen molar-refractivity contribution in [3.63, 3.8) is 0 Å². The molecule has 0 heterocycles. The van der Waals surface area contributed by atoms with Gasteiger partial charge in [-0.15, -0.1) is 0 Å². The average molecular weight is 367 g/mol. The summed E-state index contributed by atoms with van der Waals surface area (Å²) < 4.78 is 21.2. The molecule has 1 N–H and O–H groups in total. The first kappa shape index (κ1) is 21.6. The highest BCUT2D eigenvalue weighted by Crippen LogP contribution is 2.26. The van der Waals surface area contributed by atoms with Crippen molar-refractivity contribution in [1.82, 2.24) is 5.32 Å². The van der Waals surface area contributed by atoms with Crippen LogP contribution in [0.2, 0.25) is 0 Å². The van der Waals surface area contributed by atoms with E-state index in [0.29, 0.717) is 30.2 Å². The van der Waals surface area contributed by atoms with Gasteiger partial charge < -0.3 is 24.3 Å². The molecule has 0 aromatic heterocycles. The van der Waals surface area contributed by atoms with Gasteiger partial charge in [0.25, 0.3) is 0 Å². The van der Waals surface area contributed by atoms with Crippen molar-refractivity contribution in [1.29, 1.82) is 0 Å². The Morgan fingerprint density at radius 1 is 1.12 bits per heavy atom. The summed E-state index contributed by atoms with van der Waals surface area (Å²) in [7, 11) is 1.32. The summed E-state index contributed by atoms with van der Waals surface area (Å²) in [5.41, 5.74) is -0.192. The van der Waals surface area contributed by atoms with Gasteiger partial charge in [0.1, 0.15) is 29.3 Å². The van der Waals surface area contributed by atoms with Gasteiger partial charge in [0.05, 0.1) is 20.3 Å². The molecule has 0 aliphatic carbocycles. The zero-order valence-electron chi connectivity index (χ0n) is 16.2. The molecule has 0 saturated heterocycles. The molecule has 0 spiro atoms. The standard InChI is InChI=1S/C19H29NO6/c1-6-7-11-25-16-13-14(8-9-15(16)17(21)23-5)24-12-10-20-18(22)26-19(2,3)4/h8-9,13H,6-7,10-12H2,1-5H3,(H,20,22). The van der Waals surface area contributed by atoms with Crippen LogP contribution < -0.4 is 14.8 Å². The first-order chi connectivity index (χ1) is 12.3. The number of hydrogen-bond acceptors (Lipinski definition) is 6. The Bertz CT molecular complexity index is 594. The number of carbonyl (C=O) groups excluding carboxylic acids is 2. The van der Waals surface area contributed by atoms with Gasteiger partial charge in [0.15, 0.2) is 0 Å². The normalized spacial score (nSPS) is 10.8. The van der Waals surface area contributed by atoms with Crippen molar-refractivity contribution in [2.45, 2.75) is 46.1 Å². The second-order valence-electron chi connectivity index (χ2n) is 6.63. The molecule has 0 aliphatic rings. The summed E-state index contributed by atoms with van der Waals surface area (Å²) in [5, 5.41) is 2.61. The van der Waals surface area contributed by atoms with Crippen LogP contribution in [0.15, 0.2) is 18.2 Å². The number of carbonyl (C=O) groups is 2. The van der Waals surface area contributed by atoms with Crippen LogP contribution in [0.3, 0.4) is 0 Å². The monoisotopic (exact) mass is 367 g/mol. The largest absolute Gasteiger partial charge is 0.493 e. The van der Waals surface area contributed by atoms with E-state index in [4.69, 9.17) is 18.9 Å². The number of amides is 1. The van der Waals surface area contributed by atoms with Crippen LogP contribution in [-0.4, -0.2) is 44.5 Å². The first-order valence-corrected chi connectivity index (χ1v) is 8.71. The van der Waals surface area contributed by atoms with Gasteiger partial charge in [0.2, 0.25) is 0 Å². The van der Waals surface area contributed by atoms with Crippen LogP contribution in [0.1, 0.15) is 50.9 Å². The number of unbranched alkanes of at least 4 members (excludes halogenated alkanes) is 1. The summed E-state index contributed by atoms with van der Waals surface area (Å²) in [6.07, 6.45) is 1.37. The lowest BCUT2D eigenvalue weighted by molar-refractivity contribution is 0.0518. The van der Waals surface area contributed by atoms with E-state index >= 15 is 0 Å². The Labute approximate surface area is 155 Å². The molecule has 7 nitrogen and oxygen atoms in total. The summed E-state index contributed by atoms with van der Waals surface area (Å²) in [5.74, 6) is 0.493. The number of alkyl carbamates (subject to hydrolysis) is 1. The Balaban J connectivity index is 2.59. The lowest BCUT2D eigenvalue weighted by Gasteiger charge is -2.19. The fourth-order valence-electron chi connectivity index (χ4n) is 1.95. The third-order valence-electron chi connectivity index (χ3n) is 3.15. The molecule has 146 valence electrons. The molecule has 0 aliphatic heterocycles. The number of rotatable bonds is 9. The number of nitrogens with one attached hydrogen (secondary N) is 1. The van der Waals surface area contributed by atoms with Crippen LogP contribution in [0.4, 0.5) is 4.79 Å². The maximum absolute atomic E-state index is 11.8. The molecule has 1 rings (SSSR count). The van der Waals surface area contributed by atoms with E-state index in [9.17, 15) is 9.59 Å². The molecule has 0 atom stereocenters. The van der Waals surface area contributed by atoms with Crippen LogP contribution >= 0.6 is 0 Å². The van der Waals surface area contributed by atoms with E-state index in [1.54, 1.807) is 39.0 Å².